The minimum atomic E-state index is -3.48. The van der Waals surface area contributed by atoms with Gasteiger partial charge in [0.25, 0.3) is 5.91 Å². The summed E-state index contributed by atoms with van der Waals surface area (Å²) in [6.45, 7) is 0.833. The molecule has 1 aliphatic rings. The highest BCUT2D eigenvalue weighted by Gasteiger charge is 2.44. The Balaban J connectivity index is 1.83. The Hall–Kier alpha value is -2.24. The van der Waals surface area contributed by atoms with Gasteiger partial charge in [-0.1, -0.05) is 12.1 Å². The molecule has 1 aromatic heterocycles. The van der Waals surface area contributed by atoms with Crippen LogP contribution in [0, 0.1) is 0 Å². The standard InChI is InChI=1S/C15H15F2N3O/c16-15(17,14(21)19-9-1-2-10-19)12-4-6-13(7-5-12)20-11-3-8-18-20/h3-8,11H,1-2,9-10H2. The molecule has 0 bridgehead atoms. The van der Waals surface area contributed by atoms with Crippen LogP contribution in [0.1, 0.15) is 18.4 Å². The van der Waals surface area contributed by atoms with Gasteiger partial charge in [0, 0.05) is 31.0 Å². The number of amides is 1. The number of halogens is 2. The van der Waals surface area contributed by atoms with Crippen molar-refractivity contribution in [3.05, 3.63) is 48.3 Å². The van der Waals surface area contributed by atoms with E-state index in [0.29, 0.717) is 18.8 Å². The molecule has 0 aliphatic carbocycles. The van der Waals surface area contributed by atoms with E-state index in [0.717, 1.165) is 12.8 Å². The number of carbonyl (C=O) groups is 1. The lowest BCUT2D eigenvalue weighted by Crippen LogP contribution is -2.40. The Morgan fingerprint density at radius 3 is 2.38 bits per heavy atom. The number of hydrogen-bond acceptors (Lipinski definition) is 2. The van der Waals surface area contributed by atoms with E-state index < -0.39 is 11.8 Å². The van der Waals surface area contributed by atoms with Gasteiger partial charge in [-0.05, 0) is 31.0 Å². The van der Waals surface area contributed by atoms with Gasteiger partial charge >= 0.3 is 5.92 Å². The number of rotatable bonds is 3. The first-order valence-electron chi connectivity index (χ1n) is 6.87. The Kier molecular flexibility index (Phi) is 3.45. The van der Waals surface area contributed by atoms with E-state index in [-0.39, 0.29) is 5.56 Å². The van der Waals surface area contributed by atoms with Gasteiger partial charge in [0.15, 0.2) is 0 Å². The summed E-state index contributed by atoms with van der Waals surface area (Å²) in [7, 11) is 0. The smallest absolute Gasteiger partial charge is 0.337 e. The predicted molar refractivity (Wildman–Crippen MR) is 73.3 cm³/mol. The van der Waals surface area contributed by atoms with E-state index in [1.54, 1.807) is 23.1 Å². The molecule has 0 saturated carbocycles. The molecule has 3 rings (SSSR count). The van der Waals surface area contributed by atoms with Crippen molar-refractivity contribution in [3.8, 4) is 5.69 Å². The van der Waals surface area contributed by atoms with Gasteiger partial charge in [-0.3, -0.25) is 4.79 Å². The fourth-order valence-corrected chi connectivity index (χ4v) is 2.49. The van der Waals surface area contributed by atoms with Crippen molar-refractivity contribution >= 4 is 5.91 Å². The van der Waals surface area contributed by atoms with E-state index in [2.05, 4.69) is 5.10 Å². The van der Waals surface area contributed by atoms with Gasteiger partial charge in [0.1, 0.15) is 0 Å². The van der Waals surface area contributed by atoms with Crippen LogP contribution in [-0.4, -0.2) is 33.7 Å². The zero-order chi connectivity index (χ0) is 14.9. The van der Waals surface area contributed by atoms with Gasteiger partial charge in [-0.15, -0.1) is 0 Å². The Labute approximate surface area is 121 Å². The monoisotopic (exact) mass is 291 g/mol. The van der Waals surface area contributed by atoms with E-state index in [1.165, 1.54) is 29.2 Å². The second-order valence-corrected chi connectivity index (χ2v) is 5.07. The van der Waals surface area contributed by atoms with Crippen LogP contribution in [0.15, 0.2) is 42.7 Å². The molecule has 110 valence electrons. The lowest BCUT2D eigenvalue weighted by Gasteiger charge is -2.23. The van der Waals surface area contributed by atoms with E-state index in [9.17, 15) is 13.6 Å². The van der Waals surface area contributed by atoms with Crippen molar-refractivity contribution in [2.75, 3.05) is 13.1 Å². The second-order valence-electron chi connectivity index (χ2n) is 5.07. The third kappa shape index (κ3) is 2.53. The maximum absolute atomic E-state index is 14.3. The van der Waals surface area contributed by atoms with Gasteiger partial charge in [-0.25, -0.2) is 4.68 Å². The highest BCUT2D eigenvalue weighted by atomic mass is 19.3. The fraction of sp³-hybridized carbons (Fsp3) is 0.333. The summed E-state index contributed by atoms with van der Waals surface area (Å²) in [6, 6.07) is 7.39. The summed E-state index contributed by atoms with van der Waals surface area (Å²) >= 11 is 0. The Bertz CT molecular complexity index is 617. The zero-order valence-electron chi connectivity index (χ0n) is 11.4. The highest BCUT2D eigenvalue weighted by Crippen LogP contribution is 2.32. The molecule has 0 radical (unpaired) electrons. The molecule has 2 heterocycles. The first-order chi connectivity index (χ1) is 10.1. The zero-order valence-corrected chi connectivity index (χ0v) is 11.4. The molecule has 21 heavy (non-hydrogen) atoms. The topological polar surface area (TPSA) is 38.1 Å². The molecular formula is C15H15F2N3O. The molecule has 1 fully saturated rings. The number of carbonyl (C=O) groups excluding carboxylic acids is 1. The summed E-state index contributed by atoms with van der Waals surface area (Å²) in [5.41, 5.74) is 0.392. The molecule has 6 heteroatoms. The quantitative estimate of drug-likeness (QED) is 0.871. The number of aromatic nitrogens is 2. The van der Waals surface area contributed by atoms with Crippen LogP contribution in [0.3, 0.4) is 0 Å². The molecule has 0 N–H and O–H groups in total. The molecule has 1 aromatic carbocycles. The number of alkyl halides is 2. The van der Waals surface area contributed by atoms with E-state index in [1.807, 2.05) is 0 Å². The minimum absolute atomic E-state index is 0.282. The number of benzene rings is 1. The molecule has 1 aliphatic heterocycles. The van der Waals surface area contributed by atoms with Crippen molar-refractivity contribution < 1.29 is 13.6 Å². The molecule has 1 amide bonds. The van der Waals surface area contributed by atoms with Crippen molar-refractivity contribution in [1.29, 1.82) is 0 Å². The lowest BCUT2D eigenvalue weighted by atomic mass is 10.1. The van der Waals surface area contributed by atoms with E-state index in [4.69, 9.17) is 0 Å². The maximum Gasteiger partial charge on any atom is 0.349 e. The van der Waals surface area contributed by atoms with Crippen LogP contribution in [0.25, 0.3) is 5.69 Å². The maximum atomic E-state index is 14.3. The molecule has 2 aromatic rings. The average molecular weight is 291 g/mol. The summed E-state index contributed by atoms with van der Waals surface area (Å²) < 4.78 is 30.1. The van der Waals surface area contributed by atoms with Crippen molar-refractivity contribution in [1.82, 2.24) is 14.7 Å². The number of nitrogens with zero attached hydrogens (tertiary/aromatic N) is 3. The van der Waals surface area contributed by atoms with Gasteiger partial charge < -0.3 is 4.90 Å². The largest absolute Gasteiger partial charge is 0.349 e. The molecular weight excluding hydrogens is 276 g/mol. The summed E-state index contributed by atoms with van der Waals surface area (Å²) in [6.07, 6.45) is 4.92. The third-order valence-corrected chi connectivity index (χ3v) is 3.66. The van der Waals surface area contributed by atoms with Gasteiger partial charge in [0.05, 0.1) is 5.69 Å². The number of likely N-dealkylation sites (tertiary alicyclic amines) is 1. The average Bonchev–Trinajstić information content (AvgIpc) is 3.19. The van der Waals surface area contributed by atoms with Crippen LogP contribution >= 0.6 is 0 Å². The van der Waals surface area contributed by atoms with Crippen LogP contribution < -0.4 is 0 Å². The van der Waals surface area contributed by atoms with Crippen molar-refractivity contribution in [3.63, 3.8) is 0 Å². The Morgan fingerprint density at radius 1 is 1.14 bits per heavy atom. The molecule has 1 saturated heterocycles. The van der Waals surface area contributed by atoms with E-state index >= 15 is 0 Å². The van der Waals surface area contributed by atoms with Crippen LogP contribution in [0.4, 0.5) is 8.78 Å². The first kappa shape index (κ1) is 13.7. The third-order valence-electron chi connectivity index (χ3n) is 3.66. The Morgan fingerprint density at radius 2 is 1.81 bits per heavy atom. The SMILES string of the molecule is O=C(N1CCCC1)C(F)(F)c1ccc(-n2cccn2)cc1. The molecule has 4 nitrogen and oxygen atoms in total. The molecule has 0 spiro atoms. The summed E-state index contributed by atoms with van der Waals surface area (Å²) in [5, 5.41) is 4.03. The van der Waals surface area contributed by atoms with Gasteiger partial charge in [-0.2, -0.15) is 13.9 Å². The lowest BCUT2D eigenvalue weighted by molar-refractivity contribution is -0.157. The molecule has 0 atom stereocenters. The normalized spacial score (nSPS) is 15.4. The van der Waals surface area contributed by atoms with Crippen LogP contribution in [0.2, 0.25) is 0 Å². The van der Waals surface area contributed by atoms with Crippen LogP contribution in [0.5, 0.6) is 0 Å². The fourth-order valence-electron chi connectivity index (χ4n) is 2.49. The first-order valence-corrected chi connectivity index (χ1v) is 6.87. The van der Waals surface area contributed by atoms with Gasteiger partial charge in [0.2, 0.25) is 0 Å². The highest BCUT2D eigenvalue weighted by molar-refractivity contribution is 5.85. The van der Waals surface area contributed by atoms with Crippen molar-refractivity contribution in [2.45, 2.75) is 18.8 Å². The second kappa shape index (κ2) is 5.27. The van der Waals surface area contributed by atoms with Crippen molar-refractivity contribution in [2.24, 2.45) is 0 Å². The minimum Gasteiger partial charge on any atom is -0.337 e. The van der Waals surface area contributed by atoms with Crippen LogP contribution in [-0.2, 0) is 10.7 Å². The number of hydrogen-bond donors (Lipinski definition) is 0. The predicted octanol–water partition coefficient (Wildman–Crippen LogP) is 2.59. The summed E-state index contributed by atoms with van der Waals surface area (Å²) in [5.74, 6) is -4.58. The molecule has 0 unspecified atom stereocenters. The summed E-state index contributed by atoms with van der Waals surface area (Å²) in [4.78, 5) is 13.2.